The summed E-state index contributed by atoms with van der Waals surface area (Å²) in [5.74, 6) is 0. The first-order valence-electron chi connectivity index (χ1n) is 6.00. The molecule has 16 heavy (non-hydrogen) atoms. The first-order chi connectivity index (χ1) is 7.70. The number of ether oxygens (including phenoxy) is 4. The SMILES string of the molecule is CCOC(C)CCOCCOCC(C)OC. The molecular weight excluding hydrogens is 208 g/mol. The lowest BCUT2D eigenvalue weighted by molar-refractivity contribution is -0.0138. The van der Waals surface area contributed by atoms with Crippen molar-refractivity contribution in [1.82, 2.24) is 0 Å². The van der Waals surface area contributed by atoms with Crippen molar-refractivity contribution >= 4 is 0 Å². The monoisotopic (exact) mass is 234 g/mol. The third-order valence-corrected chi connectivity index (χ3v) is 2.25. The van der Waals surface area contributed by atoms with Gasteiger partial charge in [-0.05, 0) is 27.2 Å². The van der Waals surface area contributed by atoms with Crippen molar-refractivity contribution in [3.63, 3.8) is 0 Å². The molecule has 0 aromatic heterocycles. The highest BCUT2D eigenvalue weighted by Gasteiger charge is 2.01. The highest BCUT2D eigenvalue weighted by atomic mass is 16.5. The summed E-state index contributed by atoms with van der Waals surface area (Å²) in [6, 6.07) is 0. The molecule has 0 fully saturated rings. The Balaban J connectivity index is 3.09. The van der Waals surface area contributed by atoms with E-state index in [0.29, 0.717) is 19.8 Å². The molecule has 4 heteroatoms. The van der Waals surface area contributed by atoms with Crippen LogP contribution in [0.4, 0.5) is 0 Å². The van der Waals surface area contributed by atoms with E-state index in [0.717, 1.165) is 19.6 Å². The van der Waals surface area contributed by atoms with E-state index in [9.17, 15) is 0 Å². The van der Waals surface area contributed by atoms with Crippen LogP contribution >= 0.6 is 0 Å². The molecule has 0 aromatic carbocycles. The van der Waals surface area contributed by atoms with Gasteiger partial charge in [-0.1, -0.05) is 0 Å². The van der Waals surface area contributed by atoms with Crippen molar-refractivity contribution in [3.8, 4) is 0 Å². The average molecular weight is 234 g/mol. The van der Waals surface area contributed by atoms with E-state index >= 15 is 0 Å². The highest BCUT2D eigenvalue weighted by Crippen LogP contribution is 1.97. The van der Waals surface area contributed by atoms with Gasteiger partial charge in [-0.15, -0.1) is 0 Å². The molecular formula is C12H26O4. The first-order valence-corrected chi connectivity index (χ1v) is 6.00. The van der Waals surface area contributed by atoms with Crippen LogP contribution in [0.25, 0.3) is 0 Å². The summed E-state index contributed by atoms with van der Waals surface area (Å²) in [4.78, 5) is 0. The van der Waals surface area contributed by atoms with Crippen molar-refractivity contribution in [2.45, 2.75) is 39.4 Å². The lowest BCUT2D eigenvalue weighted by Gasteiger charge is -2.12. The molecule has 0 aliphatic rings. The smallest absolute Gasteiger partial charge is 0.0776 e. The maximum Gasteiger partial charge on any atom is 0.0776 e. The van der Waals surface area contributed by atoms with Gasteiger partial charge in [0.1, 0.15) is 0 Å². The molecule has 0 bridgehead atoms. The summed E-state index contributed by atoms with van der Waals surface area (Å²) in [5.41, 5.74) is 0. The van der Waals surface area contributed by atoms with Gasteiger partial charge in [0.15, 0.2) is 0 Å². The van der Waals surface area contributed by atoms with Gasteiger partial charge in [-0.2, -0.15) is 0 Å². The maximum atomic E-state index is 5.42. The van der Waals surface area contributed by atoms with E-state index in [1.165, 1.54) is 0 Å². The van der Waals surface area contributed by atoms with Crippen LogP contribution in [0.5, 0.6) is 0 Å². The Morgan fingerprint density at radius 1 is 0.938 bits per heavy atom. The zero-order valence-electron chi connectivity index (χ0n) is 11.0. The van der Waals surface area contributed by atoms with Gasteiger partial charge in [-0.3, -0.25) is 0 Å². The van der Waals surface area contributed by atoms with E-state index in [4.69, 9.17) is 18.9 Å². The van der Waals surface area contributed by atoms with Gasteiger partial charge < -0.3 is 18.9 Å². The van der Waals surface area contributed by atoms with E-state index < -0.39 is 0 Å². The zero-order valence-corrected chi connectivity index (χ0v) is 11.0. The van der Waals surface area contributed by atoms with Gasteiger partial charge in [0, 0.05) is 20.3 Å². The van der Waals surface area contributed by atoms with Crippen molar-refractivity contribution in [2.24, 2.45) is 0 Å². The molecule has 0 spiro atoms. The summed E-state index contributed by atoms with van der Waals surface area (Å²) >= 11 is 0. The van der Waals surface area contributed by atoms with E-state index in [2.05, 4.69) is 6.92 Å². The average Bonchev–Trinajstić information content (AvgIpc) is 2.27. The minimum Gasteiger partial charge on any atom is -0.379 e. The largest absolute Gasteiger partial charge is 0.379 e. The predicted octanol–water partition coefficient (Wildman–Crippen LogP) is 1.87. The molecule has 0 aliphatic carbocycles. The summed E-state index contributed by atoms with van der Waals surface area (Å²) in [6.07, 6.45) is 1.36. The predicted molar refractivity (Wildman–Crippen MR) is 63.8 cm³/mol. The number of rotatable bonds is 11. The molecule has 0 radical (unpaired) electrons. The molecule has 2 atom stereocenters. The van der Waals surface area contributed by atoms with Crippen LogP contribution < -0.4 is 0 Å². The van der Waals surface area contributed by atoms with Crippen LogP contribution in [0.2, 0.25) is 0 Å². The Bertz CT molecular complexity index is 141. The highest BCUT2D eigenvalue weighted by molar-refractivity contribution is 4.48. The van der Waals surface area contributed by atoms with E-state index in [1.807, 2.05) is 13.8 Å². The fourth-order valence-corrected chi connectivity index (χ4v) is 1.15. The van der Waals surface area contributed by atoms with Crippen molar-refractivity contribution < 1.29 is 18.9 Å². The minimum atomic E-state index is 0.151. The molecule has 98 valence electrons. The summed E-state index contributed by atoms with van der Waals surface area (Å²) in [6.45, 7) is 9.40. The summed E-state index contributed by atoms with van der Waals surface area (Å²) in [5, 5.41) is 0. The van der Waals surface area contributed by atoms with Crippen molar-refractivity contribution in [1.29, 1.82) is 0 Å². The van der Waals surface area contributed by atoms with Crippen LogP contribution in [0.3, 0.4) is 0 Å². The molecule has 0 heterocycles. The maximum absolute atomic E-state index is 5.42. The third-order valence-electron chi connectivity index (χ3n) is 2.25. The molecule has 0 rings (SSSR count). The van der Waals surface area contributed by atoms with Crippen LogP contribution in [0.1, 0.15) is 27.2 Å². The zero-order chi connectivity index (χ0) is 12.2. The summed E-state index contributed by atoms with van der Waals surface area (Å²) < 4.78 is 21.2. The van der Waals surface area contributed by atoms with Gasteiger partial charge in [-0.25, -0.2) is 0 Å². The third kappa shape index (κ3) is 10.4. The molecule has 0 saturated carbocycles. The van der Waals surface area contributed by atoms with Crippen molar-refractivity contribution in [2.75, 3.05) is 40.1 Å². The molecule has 0 aromatic rings. The first kappa shape index (κ1) is 15.8. The number of hydrogen-bond donors (Lipinski definition) is 0. The normalized spacial score (nSPS) is 15.0. The number of methoxy groups -OCH3 is 1. The molecule has 2 unspecified atom stereocenters. The Labute approximate surface area is 99.2 Å². The second-order valence-corrected chi connectivity index (χ2v) is 3.79. The fourth-order valence-electron chi connectivity index (χ4n) is 1.15. The van der Waals surface area contributed by atoms with Crippen LogP contribution in [-0.4, -0.2) is 52.4 Å². The molecule has 0 aliphatic heterocycles. The Hall–Kier alpha value is -0.160. The lowest BCUT2D eigenvalue weighted by atomic mass is 10.3. The second-order valence-electron chi connectivity index (χ2n) is 3.79. The van der Waals surface area contributed by atoms with Crippen LogP contribution in [0, 0.1) is 0 Å². The van der Waals surface area contributed by atoms with Crippen LogP contribution in [-0.2, 0) is 18.9 Å². The van der Waals surface area contributed by atoms with Gasteiger partial charge in [0.05, 0.1) is 32.0 Å². The standard InChI is InChI=1S/C12H26O4/c1-5-16-11(2)6-7-14-8-9-15-10-12(3)13-4/h11-12H,5-10H2,1-4H3. The van der Waals surface area contributed by atoms with Gasteiger partial charge in [0.25, 0.3) is 0 Å². The summed E-state index contributed by atoms with van der Waals surface area (Å²) in [7, 11) is 1.68. The van der Waals surface area contributed by atoms with Gasteiger partial charge >= 0.3 is 0 Å². The van der Waals surface area contributed by atoms with E-state index in [-0.39, 0.29) is 12.2 Å². The quantitative estimate of drug-likeness (QED) is 0.511. The Morgan fingerprint density at radius 3 is 2.25 bits per heavy atom. The van der Waals surface area contributed by atoms with Gasteiger partial charge in [0.2, 0.25) is 0 Å². The molecule has 0 N–H and O–H groups in total. The Morgan fingerprint density at radius 2 is 1.62 bits per heavy atom. The molecule has 4 nitrogen and oxygen atoms in total. The van der Waals surface area contributed by atoms with Crippen LogP contribution in [0.15, 0.2) is 0 Å². The second kappa shape index (κ2) is 11.3. The number of hydrogen-bond acceptors (Lipinski definition) is 4. The van der Waals surface area contributed by atoms with Crippen molar-refractivity contribution in [3.05, 3.63) is 0 Å². The van der Waals surface area contributed by atoms with E-state index in [1.54, 1.807) is 7.11 Å². The lowest BCUT2D eigenvalue weighted by Crippen LogP contribution is -2.17. The Kier molecular flexibility index (Phi) is 11.2. The molecule has 0 saturated heterocycles. The fraction of sp³-hybridized carbons (Fsp3) is 1.00. The molecule has 0 amide bonds. The minimum absolute atomic E-state index is 0.151. The topological polar surface area (TPSA) is 36.9 Å².